The van der Waals surface area contributed by atoms with Crippen molar-refractivity contribution in [1.29, 1.82) is 0 Å². The Labute approximate surface area is 164 Å². The predicted molar refractivity (Wildman–Crippen MR) is 106 cm³/mol. The first-order valence-corrected chi connectivity index (χ1v) is 9.93. The van der Waals surface area contributed by atoms with E-state index in [9.17, 15) is 14.4 Å². The highest BCUT2D eigenvalue weighted by Gasteiger charge is 2.42. The number of amides is 2. The number of carbonyl (C=O) groups excluding carboxylic acids is 3. The molecule has 0 spiro atoms. The van der Waals surface area contributed by atoms with Gasteiger partial charge in [0.2, 0.25) is 5.91 Å². The third-order valence-corrected chi connectivity index (χ3v) is 5.67. The summed E-state index contributed by atoms with van der Waals surface area (Å²) in [4.78, 5) is 40.2. The van der Waals surface area contributed by atoms with E-state index in [1.54, 1.807) is 36.4 Å². The van der Waals surface area contributed by atoms with Crippen LogP contribution in [0, 0.1) is 0 Å². The molecule has 0 radical (unpaired) electrons. The fraction of sp³-hybridized carbons (Fsp3) is 0.348. The summed E-state index contributed by atoms with van der Waals surface area (Å²) in [6, 6.07) is 15.4. The number of rotatable bonds is 5. The molecule has 2 aromatic rings. The summed E-state index contributed by atoms with van der Waals surface area (Å²) in [6.45, 7) is -0.111. The van der Waals surface area contributed by atoms with Crippen molar-refractivity contribution in [1.82, 2.24) is 10.2 Å². The highest BCUT2D eigenvalue weighted by molar-refractivity contribution is 6.08. The molecular weight excluding hydrogens is 352 g/mol. The molecular formula is C23H24N2O3. The molecule has 1 atom stereocenters. The van der Waals surface area contributed by atoms with Crippen molar-refractivity contribution in [2.45, 2.75) is 44.2 Å². The van der Waals surface area contributed by atoms with Crippen LogP contribution >= 0.6 is 0 Å². The average Bonchev–Trinajstić information content (AvgIpc) is 3.01. The summed E-state index contributed by atoms with van der Waals surface area (Å²) in [7, 11) is 0. The number of hydrogen-bond acceptors (Lipinski definition) is 3. The highest BCUT2D eigenvalue weighted by atomic mass is 16.2. The molecule has 1 fully saturated rings. The van der Waals surface area contributed by atoms with Crippen LogP contribution in [0.15, 0.2) is 54.6 Å². The van der Waals surface area contributed by atoms with E-state index in [4.69, 9.17) is 0 Å². The van der Waals surface area contributed by atoms with Gasteiger partial charge in [-0.05, 0) is 24.5 Å². The fourth-order valence-corrected chi connectivity index (χ4v) is 4.21. The minimum atomic E-state index is -0.752. The lowest BCUT2D eigenvalue weighted by Crippen LogP contribution is -2.45. The third-order valence-electron chi connectivity index (χ3n) is 5.67. The van der Waals surface area contributed by atoms with Crippen molar-refractivity contribution >= 4 is 17.6 Å². The van der Waals surface area contributed by atoms with Crippen molar-refractivity contribution in [3.8, 4) is 0 Å². The van der Waals surface area contributed by atoms with E-state index < -0.39 is 6.04 Å². The molecule has 1 heterocycles. The maximum Gasteiger partial charge on any atom is 0.255 e. The number of nitrogens with one attached hydrogen (secondary N) is 1. The topological polar surface area (TPSA) is 66.5 Å². The first-order chi connectivity index (χ1) is 13.6. The zero-order valence-electron chi connectivity index (χ0n) is 15.8. The van der Waals surface area contributed by atoms with Gasteiger partial charge in [-0.25, -0.2) is 0 Å². The molecule has 1 unspecified atom stereocenters. The quantitative estimate of drug-likeness (QED) is 0.812. The Kier molecular flexibility index (Phi) is 5.24. The van der Waals surface area contributed by atoms with Crippen LogP contribution in [-0.4, -0.2) is 35.1 Å². The minimum Gasteiger partial charge on any atom is -0.351 e. The fourth-order valence-electron chi connectivity index (χ4n) is 4.21. The van der Waals surface area contributed by atoms with Crippen LogP contribution in [0.1, 0.15) is 64.4 Å². The van der Waals surface area contributed by atoms with Gasteiger partial charge in [-0.1, -0.05) is 67.8 Å². The first kappa shape index (κ1) is 18.4. The van der Waals surface area contributed by atoms with Crippen LogP contribution in [0.5, 0.6) is 0 Å². The molecule has 2 aliphatic rings. The second-order valence-electron chi connectivity index (χ2n) is 7.56. The largest absolute Gasteiger partial charge is 0.351 e. The number of hydrogen-bond donors (Lipinski definition) is 1. The van der Waals surface area contributed by atoms with Gasteiger partial charge in [0.25, 0.3) is 5.91 Å². The Morgan fingerprint density at radius 1 is 0.929 bits per heavy atom. The van der Waals surface area contributed by atoms with Crippen LogP contribution in [0.25, 0.3) is 0 Å². The molecule has 5 heteroatoms. The van der Waals surface area contributed by atoms with E-state index in [0.717, 1.165) is 25.7 Å². The molecule has 144 valence electrons. The maximum absolute atomic E-state index is 13.1. The zero-order chi connectivity index (χ0) is 19.5. The first-order valence-electron chi connectivity index (χ1n) is 9.93. The molecule has 4 rings (SSSR count). The molecule has 2 aromatic carbocycles. The Bertz CT molecular complexity index is 888. The molecule has 5 nitrogen and oxygen atoms in total. The minimum absolute atomic E-state index is 0.111. The lowest BCUT2D eigenvalue weighted by Gasteiger charge is -2.28. The monoisotopic (exact) mass is 376 g/mol. The number of nitrogens with zero attached hydrogens (tertiary/aromatic N) is 1. The lowest BCUT2D eigenvalue weighted by atomic mass is 9.95. The molecule has 0 aromatic heterocycles. The van der Waals surface area contributed by atoms with Crippen LogP contribution < -0.4 is 5.32 Å². The molecule has 0 bridgehead atoms. The third kappa shape index (κ3) is 3.57. The summed E-state index contributed by atoms with van der Waals surface area (Å²) in [6.07, 6.45) is 5.37. The summed E-state index contributed by atoms with van der Waals surface area (Å²) >= 11 is 0. The summed E-state index contributed by atoms with van der Waals surface area (Å²) in [5, 5.41) is 3.12. The highest BCUT2D eigenvalue weighted by Crippen LogP contribution is 2.34. The van der Waals surface area contributed by atoms with Crippen molar-refractivity contribution in [3.05, 3.63) is 71.3 Å². The van der Waals surface area contributed by atoms with Gasteiger partial charge in [0.05, 0.1) is 6.54 Å². The summed E-state index contributed by atoms with van der Waals surface area (Å²) in [5.41, 5.74) is 1.73. The normalized spacial score (nSPS) is 19.4. The van der Waals surface area contributed by atoms with E-state index >= 15 is 0 Å². The standard InChI is InChI=1S/C23H24N2O3/c26-20(16-9-3-1-4-10-16)15-25-21(18-13-7-8-14-19(18)23(25)28)22(27)24-17-11-5-2-6-12-17/h1,3-4,7-10,13-14,17,21H,2,5-6,11-12,15H2,(H,24,27). The van der Waals surface area contributed by atoms with Gasteiger partial charge in [0.15, 0.2) is 5.78 Å². The van der Waals surface area contributed by atoms with Gasteiger partial charge in [0, 0.05) is 17.2 Å². The molecule has 28 heavy (non-hydrogen) atoms. The van der Waals surface area contributed by atoms with E-state index in [1.165, 1.54) is 11.3 Å². The van der Waals surface area contributed by atoms with Gasteiger partial charge in [-0.2, -0.15) is 0 Å². The molecule has 2 amide bonds. The van der Waals surface area contributed by atoms with Gasteiger partial charge in [-0.15, -0.1) is 0 Å². The number of Topliss-reactive ketones (excluding diaryl/α,β-unsaturated/α-hetero) is 1. The molecule has 1 aliphatic carbocycles. The van der Waals surface area contributed by atoms with Crippen molar-refractivity contribution in [2.75, 3.05) is 6.54 Å². The van der Waals surface area contributed by atoms with Gasteiger partial charge >= 0.3 is 0 Å². The van der Waals surface area contributed by atoms with Gasteiger partial charge in [0.1, 0.15) is 6.04 Å². The van der Waals surface area contributed by atoms with Crippen molar-refractivity contribution in [2.24, 2.45) is 0 Å². The maximum atomic E-state index is 13.1. The van der Waals surface area contributed by atoms with E-state index in [2.05, 4.69) is 5.32 Å². The Hall–Kier alpha value is -2.95. The van der Waals surface area contributed by atoms with Gasteiger partial charge < -0.3 is 10.2 Å². The molecule has 1 aliphatic heterocycles. The van der Waals surface area contributed by atoms with Crippen LogP contribution in [0.2, 0.25) is 0 Å². The van der Waals surface area contributed by atoms with Crippen molar-refractivity contribution in [3.63, 3.8) is 0 Å². The zero-order valence-corrected chi connectivity index (χ0v) is 15.8. The molecule has 0 saturated heterocycles. The summed E-state index contributed by atoms with van der Waals surface area (Å²) < 4.78 is 0. The number of benzene rings is 2. The van der Waals surface area contributed by atoms with E-state index in [-0.39, 0.29) is 30.2 Å². The SMILES string of the molecule is O=C(CN1C(=O)c2ccccc2C1C(=O)NC1CCCCC1)c1ccccc1. The van der Waals surface area contributed by atoms with E-state index in [0.29, 0.717) is 16.7 Å². The Morgan fingerprint density at radius 3 is 2.36 bits per heavy atom. The number of carbonyl (C=O) groups is 3. The van der Waals surface area contributed by atoms with E-state index in [1.807, 2.05) is 18.2 Å². The van der Waals surface area contributed by atoms with Gasteiger partial charge in [-0.3, -0.25) is 14.4 Å². The Balaban J connectivity index is 1.59. The number of fused-ring (bicyclic) bond motifs is 1. The molecule has 1 saturated carbocycles. The predicted octanol–water partition coefficient (Wildman–Crippen LogP) is 3.52. The van der Waals surface area contributed by atoms with Crippen LogP contribution in [0.3, 0.4) is 0 Å². The van der Waals surface area contributed by atoms with Crippen molar-refractivity contribution < 1.29 is 14.4 Å². The number of ketones is 1. The van der Waals surface area contributed by atoms with Crippen LogP contribution in [-0.2, 0) is 4.79 Å². The second-order valence-corrected chi connectivity index (χ2v) is 7.56. The second kappa shape index (κ2) is 7.97. The van der Waals surface area contributed by atoms with Crippen LogP contribution in [0.4, 0.5) is 0 Å². The smallest absolute Gasteiger partial charge is 0.255 e. The Morgan fingerprint density at radius 2 is 1.61 bits per heavy atom. The molecule has 1 N–H and O–H groups in total. The lowest BCUT2D eigenvalue weighted by molar-refractivity contribution is -0.126. The summed E-state index contributed by atoms with van der Waals surface area (Å²) in [5.74, 6) is -0.619. The average molecular weight is 376 g/mol.